The van der Waals surface area contributed by atoms with Crippen LogP contribution in [0.25, 0.3) is 0 Å². The molecule has 0 saturated heterocycles. The summed E-state index contributed by atoms with van der Waals surface area (Å²) in [6.45, 7) is 4.67. The number of nitrogens with zero attached hydrogens (tertiary/aromatic N) is 2. The van der Waals surface area contributed by atoms with Crippen molar-refractivity contribution in [3.63, 3.8) is 0 Å². The van der Waals surface area contributed by atoms with Crippen LogP contribution in [-0.4, -0.2) is 58.1 Å². The van der Waals surface area contributed by atoms with Gasteiger partial charge in [-0.3, -0.25) is 9.59 Å². The standard InChI is InChI=1S/C18H19N3O7.C2H6/c1-3-27-18(26)14-15(28-17(25)11-7-5-4-6-8-11)16(24)20-12(19-14)9-21(2)13(23)10-22;1-2/h4-8,22H,3,9-10H2,1-2H3,(H,19,20,24);1-2H3. The van der Waals surface area contributed by atoms with Gasteiger partial charge in [-0.25, -0.2) is 14.6 Å². The lowest BCUT2D eigenvalue weighted by atomic mass is 10.2. The summed E-state index contributed by atoms with van der Waals surface area (Å²) in [7, 11) is 1.38. The number of ether oxygens (including phenoxy) is 2. The first-order chi connectivity index (χ1) is 14.4. The van der Waals surface area contributed by atoms with Crippen molar-refractivity contribution in [2.45, 2.75) is 27.3 Å². The Balaban J connectivity index is 0.00000218. The van der Waals surface area contributed by atoms with Crippen molar-refractivity contribution in [2.75, 3.05) is 20.3 Å². The second-order valence-corrected chi connectivity index (χ2v) is 5.57. The number of aromatic amines is 1. The van der Waals surface area contributed by atoms with Crippen LogP contribution >= 0.6 is 0 Å². The fraction of sp³-hybridized carbons (Fsp3) is 0.350. The van der Waals surface area contributed by atoms with Crippen molar-refractivity contribution >= 4 is 17.8 Å². The van der Waals surface area contributed by atoms with Gasteiger partial charge in [-0.05, 0) is 19.1 Å². The van der Waals surface area contributed by atoms with Crippen LogP contribution in [0.15, 0.2) is 35.1 Å². The number of nitrogens with one attached hydrogen (secondary N) is 1. The van der Waals surface area contributed by atoms with Gasteiger partial charge in [0, 0.05) is 7.05 Å². The minimum absolute atomic E-state index is 0.0115. The molecule has 0 aliphatic carbocycles. The number of H-pyrrole nitrogens is 1. The van der Waals surface area contributed by atoms with Gasteiger partial charge in [0.15, 0.2) is 5.69 Å². The summed E-state index contributed by atoms with van der Waals surface area (Å²) in [5.74, 6) is -3.07. The zero-order chi connectivity index (χ0) is 22.7. The monoisotopic (exact) mass is 419 g/mol. The molecule has 0 radical (unpaired) electrons. The summed E-state index contributed by atoms with van der Waals surface area (Å²) in [6.07, 6.45) is 0. The van der Waals surface area contributed by atoms with Crippen LogP contribution in [0.1, 0.15) is 47.4 Å². The van der Waals surface area contributed by atoms with E-state index in [1.165, 1.54) is 19.2 Å². The maximum atomic E-state index is 12.4. The first-order valence-electron chi connectivity index (χ1n) is 9.29. The summed E-state index contributed by atoms with van der Waals surface area (Å²) in [4.78, 5) is 55.8. The number of carbonyl (C=O) groups is 3. The second kappa shape index (κ2) is 12.1. The SMILES string of the molecule is CC.CCOC(=O)c1nc(CN(C)C(=O)CO)[nH]c(=O)c1OC(=O)c1ccccc1. The summed E-state index contributed by atoms with van der Waals surface area (Å²) in [5.41, 5.74) is -1.20. The highest BCUT2D eigenvalue weighted by Gasteiger charge is 2.24. The van der Waals surface area contributed by atoms with Crippen LogP contribution < -0.4 is 10.3 Å². The minimum atomic E-state index is -0.957. The Hall–Kier alpha value is -3.53. The highest BCUT2D eigenvalue weighted by molar-refractivity contribution is 5.94. The number of likely N-dealkylation sites (N-methyl/N-ethyl adjacent to an activating group) is 1. The van der Waals surface area contributed by atoms with Gasteiger partial charge in [0.05, 0.1) is 18.7 Å². The maximum Gasteiger partial charge on any atom is 0.361 e. The van der Waals surface area contributed by atoms with Crippen molar-refractivity contribution in [1.82, 2.24) is 14.9 Å². The number of aliphatic hydroxyl groups excluding tert-OH is 1. The number of aromatic nitrogens is 2. The third-order valence-corrected chi connectivity index (χ3v) is 3.55. The fourth-order valence-electron chi connectivity index (χ4n) is 2.18. The van der Waals surface area contributed by atoms with Gasteiger partial charge in [-0.1, -0.05) is 32.0 Å². The Morgan fingerprint density at radius 3 is 2.33 bits per heavy atom. The number of aliphatic hydroxyl groups is 1. The molecular formula is C20H25N3O7. The third-order valence-electron chi connectivity index (χ3n) is 3.55. The predicted octanol–water partition coefficient (Wildman–Crippen LogP) is 1.14. The van der Waals surface area contributed by atoms with Crippen LogP contribution in [0, 0.1) is 0 Å². The zero-order valence-corrected chi connectivity index (χ0v) is 17.3. The van der Waals surface area contributed by atoms with Crippen LogP contribution in [0.3, 0.4) is 0 Å². The minimum Gasteiger partial charge on any atom is -0.461 e. The van der Waals surface area contributed by atoms with Gasteiger partial charge in [-0.15, -0.1) is 0 Å². The molecule has 2 rings (SSSR count). The number of carbonyl (C=O) groups excluding carboxylic acids is 3. The molecule has 2 N–H and O–H groups in total. The molecule has 2 aromatic rings. The van der Waals surface area contributed by atoms with Crippen molar-refractivity contribution in [2.24, 2.45) is 0 Å². The van der Waals surface area contributed by atoms with Gasteiger partial charge in [-0.2, -0.15) is 0 Å². The van der Waals surface area contributed by atoms with Crippen molar-refractivity contribution in [1.29, 1.82) is 0 Å². The molecule has 30 heavy (non-hydrogen) atoms. The van der Waals surface area contributed by atoms with E-state index in [9.17, 15) is 19.2 Å². The zero-order valence-electron chi connectivity index (χ0n) is 17.3. The van der Waals surface area contributed by atoms with E-state index in [0.717, 1.165) is 4.90 Å². The number of esters is 2. The van der Waals surface area contributed by atoms with E-state index in [1.54, 1.807) is 25.1 Å². The fourth-order valence-corrected chi connectivity index (χ4v) is 2.18. The van der Waals surface area contributed by atoms with Crippen molar-refractivity contribution < 1.29 is 29.0 Å². The maximum absolute atomic E-state index is 12.4. The Bertz CT molecular complexity index is 926. The lowest BCUT2D eigenvalue weighted by Crippen LogP contribution is -2.31. The number of benzene rings is 1. The molecule has 162 valence electrons. The molecule has 0 spiro atoms. The lowest BCUT2D eigenvalue weighted by Gasteiger charge is -2.16. The summed E-state index contributed by atoms with van der Waals surface area (Å²) in [5, 5.41) is 8.89. The Morgan fingerprint density at radius 1 is 1.13 bits per heavy atom. The van der Waals surface area contributed by atoms with Gasteiger partial charge in [0.25, 0.3) is 5.56 Å². The first-order valence-corrected chi connectivity index (χ1v) is 9.29. The first kappa shape index (κ1) is 24.5. The van der Waals surface area contributed by atoms with Crippen molar-refractivity contribution in [3.8, 4) is 5.75 Å². The van der Waals surface area contributed by atoms with E-state index in [-0.39, 0.29) is 24.5 Å². The molecule has 0 bridgehead atoms. The molecule has 0 fully saturated rings. The Morgan fingerprint density at radius 2 is 1.77 bits per heavy atom. The van der Waals surface area contributed by atoms with E-state index < -0.39 is 41.5 Å². The Kier molecular flexibility index (Phi) is 9.90. The highest BCUT2D eigenvalue weighted by atomic mass is 16.6. The average Bonchev–Trinajstić information content (AvgIpc) is 2.76. The largest absolute Gasteiger partial charge is 0.461 e. The molecule has 10 heteroatoms. The molecule has 1 amide bonds. The molecule has 1 aromatic heterocycles. The van der Waals surface area contributed by atoms with Gasteiger partial charge in [0.2, 0.25) is 11.7 Å². The number of rotatable bonds is 7. The number of amides is 1. The topological polar surface area (TPSA) is 139 Å². The van der Waals surface area contributed by atoms with E-state index in [1.807, 2.05) is 13.8 Å². The molecule has 0 aliphatic rings. The van der Waals surface area contributed by atoms with E-state index in [2.05, 4.69) is 9.97 Å². The summed E-state index contributed by atoms with van der Waals surface area (Å²) >= 11 is 0. The predicted molar refractivity (Wildman–Crippen MR) is 107 cm³/mol. The second-order valence-electron chi connectivity index (χ2n) is 5.57. The smallest absolute Gasteiger partial charge is 0.361 e. The van der Waals surface area contributed by atoms with E-state index >= 15 is 0 Å². The molecule has 0 unspecified atom stereocenters. The lowest BCUT2D eigenvalue weighted by molar-refractivity contribution is -0.133. The molecule has 0 aliphatic heterocycles. The van der Waals surface area contributed by atoms with Gasteiger partial charge >= 0.3 is 11.9 Å². The molecule has 10 nitrogen and oxygen atoms in total. The van der Waals surface area contributed by atoms with Crippen LogP contribution in [-0.2, 0) is 16.1 Å². The van der Waals surface area contributed by atoms with E-state index in [4.69, 9.17) is 14.6 Å². The van der Waals surface area contributed by atoms with Crippen molar-refractivity contribution in [3.05, 3.63) is 57.8 Å². The molecule has 1 aromatic carbocycles. The van der Waals surface area contributed by atoms with E-state index in [0.29, 0.717) is 0 Å². The summed E-state index contributed by atoms with van der Waals surface area (Å²) in [6, 6.07) is 7.90. The Labute approximate surface area is 173 Å². The van der Waals surface area contributed by atoms with Gasteiger partial charge < -0.3 is 24.5 Å². The molecular weight excluding hydrogens is 394 g/mol. The molecule has 1 heterocycles. The highest BCUT2D eigenvalue weighted by Crippen LogP contribution is 2.15. The van der Waals surface area contributed by atoms with Crippen LogP contribution in [0.4, 0.5) is 0 Å². The molecule has 0 atom stereocenters. The summed E-state index contributed by atoms with van der Waals surface area (Å²) < 4.78 is 9.97. The average molecular weight is 419 g/mol. The number of hydrogen-bond acceptors (Lipinski definition) is 8. The van der Waals surface area contributed by atoms with Crippen LogP contribution in [0.2, 0.25) is 0 Å². The quantitative estimate of drug-likeness (QED) is 0.637. The van der Waals surface area contributed by atoms with Gasteiger partial charge in [0.1, 0.15) is 12.4 Å². The van der Waals surface area contributed by atoms with Crippen LogP contribution in [0.5, 0.6) is 5.75 Å². The third kappa shape index (κ3) is 6.52. The number of hydrogen-bond donors (Lipinski definition) is 2. The molecule has 0 saturated carbocycles. The normalized spacial score (nSPS) is 9.77.